The molecule has 4 rings (SSSR count). The molecule has 0 radical (unpaired) electrons. The topological polar surface area (TPSA) is 58.7 Å². The Bertz CT molecular complexity index is 909. The van der Waals surface area contributed by atoms with Crippen LogP contribution in [0.2, 0.25) is 5.02 Å². The molecule has 0 spiro atoms. The average Bonchev–Trinajstić information content (AvgIpc) is 3.41. The minimum absolute atomic E-state index is 0.0632. The van der Waals surface area contributed by atoms with Crippen LogP contribution in [0.4, 0.5) is 0 Å². The number of halogens is 1. The summed E-state index contributed by atoms with van der Waals surface area (Å²) in [7, 11) is 0. The highest BCUT2D eigenvalue weighted by Crippen LogP contribution is 2.35. The van der Waals surface area contributed by atoms with E-state index in [0.29, 0.717) is 17.2 Å². The molecule has 4 heterocycles. The van der Waals surface area contributed by atoms with Gasteiger partial charge in [0.25, 0.3) is 5.91 Å². The van der Waals surface area contributed by atoms with Gasteiger partial charge in [0.05, 0.1) is 28.1 Å². The van der Waals surface area contributed by atoms with E-state index in [2.05, 4.69) is 10.1 Å². The van der Waals surface area contributed by atoms with Gasteiger partial charge in [0, 0.05) is 17.5 Å². The van der Waals surface area contributed by atoms with E-state index in [1.165, 1.54) is 11.8 Å². The molecule has 3 aromatic heterocycles. The van der Waals surface area contributed by atoms with E-state index < -0.39 is 0 Å². The van der Waals surface area contributed by atoms with Crippen molar-refractivity contribution in [2.45, 2.75) is 17.5 Å². The second kappa shape index (κ2) is 7.65. The Balaban J connectivity index is 1.52. The summed E-state index contributed by atoms with van der Waals surface area (Å²) < 4.78 is 5.46. The monoisotopic (exact) mass is 403 g/mol. The molecule has 1 aliphatic heterocycles. The van der Waals surface area contributed by atoms with Crippen molar-refractivity contribution in [2.75, 3.05) is 5.75 Å². The van der Waals surface area contributed by atoms with Gasteiger partial charge in [-0.15, -0.1) is 11.3 Å². The highest BCUT2D eigenvalue weighted by molar-refractivity contribution is 7.99. The zero-order chi connectivity index (χ0) is 17.9. The lowest BCUT2D eigenvalue weighted by Gasteiger charge is -2.20. The van der Waals surface area contributed by atoms with E-state index in [1.807, 2.05) is 29.6 Å². The second-order valence-corrected chi connectivity index (χ2v) is 8.01. The second-order valence-electron chi connectivity index (χ2n) is 5.60. The molecule has 1 amide bonds. The molecule has 1 unspecified atom stereocenters. The third kappa shape index (κ3) is 3.70. The Hall–Kier alpha value is -2.09. The Kier molecular flexibility index (Phi) is 5.10. The van der Waals surface area contributed by atoms with Crippen LogP contribution in [0.25, 0.3) is 0 Å². The van der Waals surface area contributed by atoms with Crippen molar-refractivity contribution < 1.29 is 9.21 Å². The first-order chi connectivity index (χ1) is 12.7. The molecule has 5 nitrogen and oxygen atoms in total. The highest BCUT2D eigenvalue weighted by atomic mass is 35.5. The first kappa shape index (κ1) is 17.3. The number of nitrogens with zero attached hydrogens (tertiary/aromatic N) is 3. The van der Waals surface area contributed by atoms with Crippen molar-refractivity contribution in [1.29, 1.82) is 0 Å². The van der Waals surface area contributed by atoms with Crippen molar-refractivity contribution in [1.82, 2.24) is 9.99 Å². The molecule has 0 aromatic carbocycles. The lowest BCUT2D eigenvalue weighted by molar-refractivity contribution is -0.130. The molecule has 26 heavy (non-hydrogen) atoms. The number of hydrogen-bond donors (Lipinski definition) is 0. The first-order valence-corrected chi connectivity index (χ1v) is 10.2. The van der Waals surface area contributed by atoms with Crippen LogP contribution in [0.3, 0.4) is 0 Å². The number of hydrogen-bond acceptors (Lipinski definition) is 6. The number of hydrazone groups is 1. The van der Waals surface area contributed by atoms with Crippen LogP contribution in [-0.4, -0.2) is 27.4 Å². The van der Waals surface area contributed by atoms with Crippen LogP contribution >= 0.6 is 34.7 Å². The van der Waals surface area contributed by atoms with Crippen LogP contribution in [0, 0.1) is 0 Å². The fourth-order valence-corrected chi connectivity index (χ4v) is 4.30. The maximum Gasteiger partial charge on any atom is 0.253 e. The average molecular weight is 404 g/mol. The van der Waals surface area contributed by atoms with Crippen LogP contribution in [0.1, 0.15) is 23.1 Å². The van der Waals surface area contributed by atoms with E-state index in [4.69, 9.17) is 16.0 Å². The van der Waals surface area contributed by atoms with E-state index in [1.54, 1.807) is 40.9 Å². The third-order valence-corrected chi connectivity index (χ3v) is 6.01. The minimum Gasteiger partial charge on any atom is -0.463 e. The molecular formula is C18H14ClN3O2S2. The summed E-state index contributed by atoms with van der Waals surface area (Å²) in [5, 5.41) is 9.47. The lowest BCUT2D eigenvalue weighted by atomic mass is 10.1. The molecule has 1 aliphatic rings. The van der Waals surface area contributed by atoms with Crippen molar-refractivity contribution in [3.05, 3.63) is 69.9 Å². The third-order valence-electron chi connectivity index (χ3n) is 3.89. The van der Waals surface area contributed by atoms with Gasteiger partial charge in [-0.05, 0) is 35.7 Å². The summed E-state index contributed by atoms with van der Waals surface area (Å²) in [6, 6.07) is 11.2. The molecule has 0 N–H and O–H groups in total. The summed E-state index contributed by atoms with van der Waals surface area (Å²) in [6.45, 7) is 0. The van der Waals surface area contributed by atoms with Gasteiger partial charge in [0.15, 0.2) is 0 Å². The SMILES string of the molecule is O=C(CSc1ccc(Cl)cn1)N1N=C(c2ccco2)CC1c1cccs1. The lowest BCUT2D eigenvalue weighted by Crippen LogP contribution is -2.28. The molecule has 0 saturated heterocycles. The predicted octanol–water partition coefficient (Wildman–Crippen LogP) is 4.86. The van der Waals surface area contributed by atoms with Gasteiger partial charge in [-0.25, -0.2) is 9.99 Å². The number of furan rings is 1. The molecule has 1 atom stereocenters. The molecule has 3 aromatic rings. The molecule has 0 saturated carbocycles. The number of carbonyl (C=O) groups excluding carboxylic acids is 1. The van der Waals surface area contributed by atoms with Gasteiger partial charge in [0.2, 0.25) is 0 Å². The van der Waals surface area contributed by atoms with Crippen LogP contribution < -0.4 is 0 Å². The number of amides is 1. The van der Waals surface area contributed by atoms with Gasteiger partial charge >= 0.3 is 0 Å². The molecule has 8 heteroatoms. The van der Waals surface area contributed by atoms with Crippen LogP contribution in [-0.2, 0) is 4.79 Å². The molecule has 132 valence electrons. The number of carbonyl (C=O) groups is 1. The number of thiophene rings is 1. The number of aromatic nitrogens is 1. The predicted molar refractivity (Wildman–Crippen MR) is 104 cm³/mol. The van der Waals surface area contributed by atoms with E-state index in [-0.39, 0.29) is 17.7 Å². The summed E-state index contributed by atoms with van der Waals surface area (Å²) in [5.41, 5.74) is 0.788. The summed E-state index contributed by atoms with van der Waals surface area (Å²) in [5.74, 6) is 0.895. The number of rotatable bonds is 5. The van der Waals surface area contributed by atoms with Gasteiger partial charge in [-0.2, -0.15) is 5.10 Å². The molecule has 0 fully saturated rings. The standard InChI is InChI=1S/C18H14ClN3O2S2/c19-12-5-6-17(20-10-12)26-11-18(23)22-14(16-4-2-8-25-16)9-13(21-22)15-3-1-7-24-15/h1-8,10,14H,9,11H2. The summed E-state index contributed by atoms with van der Waals surface area (Å²) >= 11 is 8.84. The maximum absolute atomic E-state index is 12.8. The molecular weight excluding hydrogens is 390 g/mol. The molecule has 0 bridgehead atoms. The van der Waals surface area contributed by atoms with Crippen molar-refractivity contribution in [3.63, 3.8) is 0 Å². The van der Waals surface area contributed by atoms with Gasteiger partial charge < -0.3 is 4.42 Å². The molecule has 0 aliphatic carbocycles. The largest absolute Gasteiger partial charge is 0.463 e. The Morgan fingerprint density at radius 2 is 2.27 bits per heavy atom. The Morgan fingerprint density at radius 1 is 1.35 bits per heavy atom. The summed E-state index contributed by atoms with van der Waals surface area (Å²) in [6.07, 6.45) is 3.83. The number of pyridine rings is 1. The Morgan fingerprint density at radius 3 is 2.96 bits per heavy atom. The maximum atomic E-state index is 12.8. The van der Waals surface area contributed by atoms with Gasteiger partial charge in [-0.3, -0.25) is 4.79 Å². The first-order valence-electron chi connectivity index (χ1n) is 7.92. The van der Waals surface area contributed by atoms with Gasteiger partial charge in [0.1, 0.15) is 11.5 Å². The fourth-order valence-electron chi connectivity index (χ4n) is 2.68. The smallest absolute Gasteiger partial charge is 0.253 e. The highest BCUT2D eigenvalue weighted by Gasteiger charge is 2.34. The van der Waals surface area contributed by atoms with E-state index in [9.17, 15) is 4.79 Å². The van der Waals surface area contributed by atoms with Crippen molar-refractivity contribution >= 4 is 46.3 Å². The zero-order valence-corrected chi connectivity index (χ0v) is 15.9. The Labute approximate surface area is 163 Å². The quantitative estimate of drug-likeness (QED) is 0.571. The normalized spacial score (nSPS) is 16.7. The zero-order valence-electron chi connectivity index (χ0n) is 13.5. The van der Waals surface area contributed by atoms with Gasteiger partial charge in [-0.1, -0.05) is 29.4 Å². The fraction of sp³-hybridized carbons (Fsp3) is 0.167. The number of thioether (sulfide) groups is 1. The van der Waals surface area contributed by atoms with E-state index >= 15 is 0 Å². The van der Waals surface area contributed by atoms with Crippen LogP contribution in [0.5, 0.6) is 0 Å². The summed E-state index contributed by atoms with van der Waals surface area (Å²) in [4.78, 5) is 18.1. The van der Waals surface area contributed by atoms with Crippen molar-refractivity contribution in [2.24, 2.45) is 5.10 Å². The van der Waals surface area contributed by atoms with Crippen molar-refractivity contribution in [3.8, 4) is 0 Å². The minimum atomic E-state index is -0.0959. The van der Waals surface area contributed by atoms with E-state index in [0.717, 1.165) is 15.6 Å². The van der Waals surface area contributed by atoms with Crippen LogP contribution in [0.15, 0.2) is 68.8 Å².